The van der Waals surface area contributed by atoms with Gasteiger partial charge in [-0.15, -0.1) is 11.3 Å². The first kappa shape index (κ1) is 38.7. The van der Waals surface area contributed by atoms with Crippen molar-refractivity contribution in [3.8, 4) is 16.8 Å². The van der Waals surface area contributed by atoms with E-state index in [2.05, 4.69) is 195 Å². The summed E-state index contributed by atoms with van der Waals surface area (Å²) in [5, 5.41) is 7.60. The summed E-state index contributed by atoms with van der Waals surface area (Å²) >= 11 is 1.94. The van der Waals surface area contributed by atoms with Crippen molar-refractivity contribution in [1.82, 2.24) is 4.57 Å². The van der Waals surface area contributed by atoms with Crippen molar-refractivity contribution in [2.45, 2.75) is 111 Å². The Bertz CT molecular complexity index is 3730. The van der Waals surface area contributed by atoms with E-state index in [-0.39, 0.29) is 28.5 Å². The van der Waals surface area contributed by atoms with Gasteiger partial charge in [0.25, 0.3) is 0 Å². The van der Waals surface area contributed by atoms with Crippen molar-refractivity contribution in [2.75, 3.05) is 4.81 Å². The van der Waals surface area contributed by atoms with Gasteiger partial charge in [0.05, 0.1) is 16.7 Å². The number of aryl methyl sites for hydroxylation is 1. The van der Waals surface area contributed by atoms with Crippen LogP contribution in [0.3, 0.4) is 0 Å². The molecule has 5 heterocycles. The third-order valence-corrected chi connectivity index (χ3v) is 17.0. The van der Waals surface area contributed by atoms with Crippen LogP contribution in [0.2, 0.25) is 0 Å². The average Bonchev–Trinajstić information content (AvgIpc) is 3.93. The number of aromatic nitrogens is 1. The van der Waals surface area contributed by atoms with Crippen molar-refractivity contribution in [3.05, 3.63) is 137 Å². The van der Waals surface area contributed by atoms with E-state index in [1.807, 2.05) is 11.3 Å². The summed E-state index contributed by atoms with van der Waals surface area (Å²) in [6.07, 6.45) is 2.36. The first-order valence-corrected chi connectivity index (χ1v) is 24.2. The lowest BCUT2D eigenvalue weighted by atomic mass is 9.43. The lowest BCUT2D eigenvalue weighted by Gasteiger charge is -2.46. The van der Waals surface area contributed by atoms with Gasteiger partial charge in [0.1, 0.15) is 5.58 Å². The maximum atomic E-state index is 7.22. The molecule has 64 heavy (non-hydrogen) atoms. The molecule has 1 aliphatic carbocycles. The second-order valence-electron chi connectivity index (χ2n) is 22.8. The van der Waals surface area contributed by atoms with Crippen LogP contribution in [0, 0.1) is 6.92 Å². The summed E-state index contributed by atoms with van der Waals surface area (Å²) in [4.78, 5) is 2.79. The van der Waals surface area contributed by atoms with E-state index in [9.17, 15) is 0 Å². The monoisotopic (exact) mass is 850 g/mol. The zero-order chi connectivity index (χ0) is 44.1. The fourth-order valence-corrected chi connectivity index (χ4v) is 13.4. The van der Waals surface area contributed by atoms with Crippen molar-refractivity contribution in [1.29, 1.82) is 0 Å². The predicted octanol–water partition coefficient (Wildman–Crippen LogP) is 15.5. The number of fused-ring (bicyclic) bond motifs is 16. The van der Waals surface area contributed by atoms with Crippen LogP contribution in [0.25, 0.3) is 80.7 Å². The Morgan fingerprint density at radius 1 is 0.625 bits per heavy atom. The largest absolute Gasteiger partial charge is 0.454 e. The molecule has 13 rings (SSSR count). The first-order chi connectivity index (χ1) is 30.4. The molecule has 7 aromatic carbocycles. The number of thiophene rings is 1. The third-order valence-electron chi connectivity index (χ3n) is 15.8. The van der Waals surface area contributed by atoms with E-state index in [4.69, 9.17) is 4.42 Å². The molecule has 0 saturated carbocycles. The molecule has 2 aliphatic heterocycles. The average molecular weight is 851 g/mol. The van der Waals surface area contributed by atoms with Crippen molar-refractivity contribution < 1.29 is 4.42 Å². The van der Waals surface area contributed by atoms with Crippen LogP contribution < -0.4 is 15.7 Å². The summed E-state index contributed by atoms with van der Waals surface area (Å²) in [6, 6.07) is 42.6. The van der Waals surface area contributed by atoms with E-state index < -0.39 is 0 Å². The Hall–Kier alpha value is -5.78. The maximum absolute atomic E-state index is 7.22. The highest BCUT2D eigenvalue weighted by Crippen LogP contribution is 2.55. The summed E-state index contributed by atoms with van der Waals surface area (Å²) in [5.41, 5.74) is 20.6. The highest BCUT2D eigenvalue weighted by molar-refractivity contribution is 7.26. The van der Waals surface area contributed by atoms with Gasteiger partial charge >= 0.3 is 6.85 Å². The quantitative estimate of drug-likeness (QED) is 0.153. The second-order valence-corrected chi connectivity index (χ2v) is 23.9. The molecular formula is C59H55BN2OS. The summed E-state index contributed by atoms with van der Waals surface area (Å²) in [5.74, 6) is 0. The van der Waals surface area contributed by atoms with E-state index in [1.54, 1.807) is 0 Å². The predicted molar refractivity (Wildman–Crippen MR) is 277 cm³/mol. The van der Waals surface area contributed by atoms with E-state index in [0.29, 0.717) is 0 Å². The van der Waals surface area contributed by atoms with Gasteiger partial charge in [-0.05, 0) is 134 Å². The lowest BCUT2D eigenvalue weighted by Crippen LogP contribution is -2.61. The topological polar surface area (TPSA) is 21.3 Å². The summed E-state index contributed by atoms with van der Waals surface area (Å²) < 4.78 is 12.5. The van der Waals surface area contributed by atoms with Crippen molar-refractivity contribution >= 4 is 104 Å². The molecule has 3 nitrogen and oxygen atoms in total. The molecule has 0 atom stereocenters. The van der Waals surface area contributed by atoms with Crippen LogP contribution in [0.15, 0.2) is 114 Å². The molecule has 0 radical (unpaired) electrons. The SMILES string of the molecule is Cc1cc2c(cc1N1B3c4c(cc5c(oc6ccccc65)c4-n4c5ccc(C(C)(C)C)cc5c5cc(C(C)(C)C)cc3c54)-c3c1ccc1c3sc3ccccc31)C(C)(C)CCC2(C)C. The van der Waals surface area contributed by atoms with Gasteiger partial charge < -0.3 is 13.8 Å². The van der Waals surface area contributed by atoms with Gasteiger partial charge in [-0.2, -0.15) is 0 Å². The van der Waals surface area contributed by atoms with Gasteiger partial charge in [0, 0.05) is 58.7 Å². The first-order valence-electron chi connectivity index (χ1n) is 23.4. The Balaban J connectivity index is 1.27. The van der Waals surface area contributed by atoms with E-state index in [1.165, 1.54) is 127 Å². The lowest BCUT2D eigenvalue weighted by molar-refractivity contribution is 0.332. The van der Waals surface area contributed by atoms with Crippen molar-refractivity contribution in [3.63, 3.8) is 0 Å². The number of hydrogen-bond acceptors (Lipinski definition) is 3. The maximum Gasteiger partial charge on any atom is 0.333 e. The Morgan fingerprint density at radius 3 is 2.06 bits per heavy atom. The van der Waals surface area contributed by atoms with Crippen molar-refractivity contribution in [2.24, 2.45) is 0 Å². The van der Waals surface area contributed by atoms with Crippen LogP contribution in [0.4, 0.5) is 11.4 Å². The minimum atomic E-state index is -0.123. The Labute approximate surface area is 380 Å². The molecule has 0 fully saturated rings. The van der Waals surface area contributed by atoms with Crippen LogP contribution in [-0.4, -0.2) is 11.4 Å². The number of furan rings is 1. The van der Waals surface area contributed by atoms with Gasteiger partial charge in [0.2, 0.25) is 0 Å². The van der Waals surface area contributed by atoms with Gasteiger partial charge in [-0.3, -0.25) is 0 Å². The number of para-hydroxylation sites is 1. The molecule has 0 amide bonds. The smallest absolute Gasteiger partial charge is 0.333 e. The minimum absolute atomic E-state index is 0.00379. The molecule has 0 unspecified atom stereocenters. The van der Waals surface area contributed by atoms with Gasteiger partial charge in [-0.25, -0.2) is 0 Å². The summed E-state index contributed by atoms with van der Waals surface area (Å²) in [6.45, 7) is 26.2. The van der Waals surface area contributed by atoms with Crippen LogP contribution >= 0.6 is 11.3 Å². The number of benzene rings is 7. The molecule has 10 aromatic rings. The molecule has 3 aliphatic rings. The van der Waals surface area contributed by atoms with Gasteiger partial charge in [0.15, 0.2) is 5.58 Å². The standard InChI is InChI=1S/C59H55BN2OS/c1-32-26-42-43(59(10,11)25-24-58(42,8)9)31-47(32)62-46-23-21-37-36-17-13-15-19-49(36)64-55(37)50(46)41-30-40-35-16-12-14-18-48(35)63-54(40)53-51(41)60(62)44-29-34(57(5,6)7)28-39-38-27-33(56(2,3)4)20-22-45(38)61(53)52(39)44/h12-23,26-31H,24-25H2,1-11H3. The fourth-order valence-electron chi connectivity index (χ4n) is 12.1. The molecule has 0 bridgehead atoms. The van der Waals surface area contributed by atoms with E-state index in [0.717, 1.165) is 16.6 Å². The zero-order valence-electron chi connectivity index (χ0n) is 39.1. The number of anilines is 2. The van der Waals surface area contributed by atoms with Gasteiger partial charge in [-0.1, -0.05) is 130 Å². The fraction of sp³-hybridized carbons (Fsp3) is 0.288. The third kappa shape index (κ3) is 5.00. The van der Waals surface area contributed by atoms with Crippen LogP contribution in [-0.2, 0) is 21.7 Å². The van der Waals surface area contributed by atoms with Crippen LogP contribution in [0.5, 0.6) is 0 Å². The zero-order valence-corrected chi connectivity index (χ0v) is 39.9. The molecular weight excluding hydrogens is 796 g/mol. The number of nitrogens with zero attached hydrogens (tertiary/aromatic N) is 2. The molecule has 3 aromatic heterocycles. The van der Waals surface area contributed by atoms with Crippen LogP contribution in [0.1, 0.15) is 110 Å². The normalized spacial score (nSPS) is 16.4. The summed E-state index contributed by atoms with van der Waals surface area (Å²) in [7, 11) is 0. The Kier molecular flexibility index (Phi) is 7.44. The molecule has 5 heteroatoms. The molecule has 0 N–H and O–H groups in total. The minimum Gasteiger partial charge on any atom is -0.454 e. The van der Waals surface area contributed by atoms with E-state index >= 15 is 0 Å². The molecule has 0 spiro atoms. The Morgan fingerprint density at radius 2 is 1.31 bits per heavy atom. The highest BCUT2D eigenvalue weighted by Gasteiger charge is 2.48. The number of rotatable bonds is 1. The highest BCUT2D eigenvalue weighted by atomic mass is 32.1. The molecule has 0 saturated heterocycles. The second kappa shape index (κ2) is 12.3. The number of hydrogen-bond donors (Lipinski definition) is 0. The molecule has 316 valence electrons.